The largest absolute Gasteiger partial charge is 0.462 e. The Morgan fingerprint density at radius 1 is 1.29 bits per heavy atom. The van der Waals surface area contributed by atoms with Gasteiger partial charge >= 0.3 is 11.9 Å². The second-order valence-electron chi connectivity index (χ2n) is 4.60. The van der Waals surface area contributed by atoms with Crippen LogP contribution in [0.3, 0.4) is 0 Å². The molecule has 0 spiro atoms. The summed E-state index contributed by atoms with van der Waals surface area (Å²) in [6, 6.07) is 8.67. The normalized spacial score (nSPS) is 11.3. The Bertz CT molecular complexity index is 507. The van der Waals surface area contributed by atoms with E-state index in [4.69, 9.17) is 9.47 Å². The molecule has 0 heterocycles. The molecule has 1 atom stereocenters. The Kier molecular flexibility index (Phi) is 6.87. The molecule has 5 heteroatoms. The number of hydrogen-bond acceptors (Lipinski definition) is 5. The van der Waals surface area contributed by atoms with Crippen molar-refractivity contribution in [3.8, 4) is 5.75 Å². The molecule has 0 saturated heterocycles. The molecular formula is C16H18O5. The van der Waals surface area contributed by atoms with E-state index in [1.165, 1.54) is 6.92 Å². The predicted molar refractivity (Wildman–Crippen MR) is 76.6 cm³/mol. The van der Waals surface area contributed by atoms with Gasteiger partial charge in [0.15, 0.2) is 0 Å². The van der Waals surface area contributed by atoms with Crippen molar-refractivity contribution in [2.24, 2.45) is 5.92 Å². The van der Waals surface area contributed by atoms with Gasteiger partial charge in [0.1, 0.15) is 18.6 Å². The van der Waals surface area contributed by atoms with Crippen molar-refractivity contribution < 1.29 is 23.9 Å². The molecule has 21 heavy (non-hydrogen) atoms. The van der Waals surface area contributed by atoms with Crippen molar-refractivity contribution in [2.45, 2.75) is 19.8 Å². The number of benzene rings is 1. The lowest BCUT2D eigenvalue weighted by molar-refractivity contribution is -0.141. The highest BCUT2D eigenvalue weighted by atomic mass is 16.5. The summed E-state index contributed by atoms with van der Waals surface area (Å²) in [7, 11) is 0. The fraction of sp³-hybridized carbons (Fsp3) is 0.312. The smallest absolute Gasteiger partial charge is 0.333 e. The zero-order valence-corrected chi connectivity index (χ0v) is 11.9. The van der Waals surface area contributed by atoms with Crippen LogP contribution in [0.25, 0.3) is 0 Å². The predicted octanol–water partition coefficient (Wildman–Crippen LogP) is 2.31. The molecule has 0 fully saturated rings. The van der Waals surface area contributed by atoms with E-state index in [1.54, 1.807) is 24.3 Å². The van der Waals surface area contributed by atoms with Gasteiger partial charge in [-0.05, 0) is 25.5 Å². The number of ether oxygens (including phenoxy) is 2. The minimum atomic E-state index is -0.547. The summed E-state index contributed by atoms with van der Waals surface area (Å²) in [6.07, 6.45) is 1.00. The van der Waals surface area contributed by atoms with Crippen LogP contribution >= 0.6 is 0 Å². The van der Waals surface area contributed by atoms with Gasteiger partial charge in [-0.25, -0.2) is 4.79 Å². The van der Waals surface area contributed by atoms with E-state index >= 15 is 0 Å². The van der Waals surface area contributed by atoms with E-state index in [0.717, 1.165) is 0 Å². The molecule has 1 unspecified atom stereocenters. The van der Waals surface area contributed by atoms with Gasteiger partial charge < -0.3 is 14.3 Å². The van der Waals surface area contributed by atoms with Gasteiger partial charge in [-0.15, -0.1) is 0 Å². The summed E-state index contributed by atoms with van der Waals surface area (Å²) in [6.45, 7) is 4.90. The summed E-state index contributed by atoms with van der Waals surface area (Å²) in [5, 5.41) is 0. The summed E-state index contributed by atoms with van der Waals surface area (Å²) in [5.41, 5.74) is 0.267. The maximum Gasteiger partial charge on any atom is 0.333 e. The van der Waals surface area contributed by atoms with Gasteiger partial charge in [0, 0.05) is 17.9 Å². The van der Waals surface area contributed by atoms with Crippen LogP contribution in [0, 0.1) is 5.92 Å². The standard InChI is InChI=1S/C16H18O5/c1-12(2)16(19)20-11-13(10-17)8-9-15(18)21-14-6-4-3-5-7-14/h3-7,10,13H,1,8-9,11H2,2H3. The van der Waals surface area contributed by atoms with Crippen molar-refractivity contribution in [2.75, 3.05) is 6.61 Å². The monoisotopic (exact) mass is 290 g/mol. The first-order chi connectivity index (χ1) is 10.0. The van der Waals surface area contributed by atoms with E-state index in [1.807, 2.05) is 6.07 Å². The molecule has 1 aromatic rings. The SMILES string of the molecule is C=C(C)C(=O)OCC(C=O)CCC(=O)Oc1ccccc1. The summed E-state index contributed by atoms with van der Waals surface area (Å²) >= 11 is 0. The second kappa shape index (κ2) is 8.68. The average Bonchev–Trinajstić information content (AvgIpc) is 2.48. The van der Waals surface area contributed by atoms with Crippen molar-refractivity contribution in [1.82, 2.24) is 0 Å². The Labute approximate surface area is 123 Å². The Balaban J connectivity index is 2.34. The van der Waals surface area contributed by atoms with Gasteiger partial charge in [-0.2, -0.15) is 0 Å². The molecule has 0 aliphatic heterocycles. The topological polar surface area (TPSA) is 69.7 Å². The fourth-order valence-corrected chi connectivity index (χ4v) is 1.47. The van der Waals surface area contributed by atoms with Crippen molar-refractivity contribution in [3.05, 3.63) is 42.5 Å². The van der Waals surface area contributed by atoms with E-state index < -0.39 is 17.9 Å². The molecule has 0 bridgehead atoms. The van der Waals surface area contributed by atoms with Crippen LogP contribution in [0.2, 0.25) is 0 Å². The van der Waals surface area contributed by atoms with E-state index in [-0.39, 0.29) is 25.0 Å². The lowest BCUT2D eigenvalue weighted by Crippen LogP contribution is -2.18. The number of rotatable bonds is 8. The number of carbonyl (C=O) groups is 3. The van der Waals surface area contributed by atoms with E-state index in [0.29, 0.717) is 12.0 Å². The van der Waals surface area contributed by atoms with Crippen LogP contribution in [0.4, 0.5) is 0 Å². The first-order valence-electron chi connectivity index (χ1n) is 6.56. The Morgan fingerprint density at radius 2 is 1.95 bits per heavy atom. The minimum Gasteiger partial charge on any atom is -0.462 e. The molecule has 5 nitrogen and oxygen atoms in total. The van der Waals surface area contributed by atoms with Crippen LogP contribution < -0.4 is 4.74 Å². The highest BCUT2D eigenvalue weighted by molar-refractivity contribution is 5.87. The van der Waals surface area contributed by atoms with Crippen LogP contribution in [-0.2, 0) is 19.1 Å². The molecule has 0 saturated carbocycles. The number of aldehydes is 1. The van der Waals surface area contributed by atoms with Crippen LogP contribution in [0.1, 0.15) is 19.8 Å². The summed E-state index contributed by atoms with van der Waals surface area (Å²) < 4.78 is 9.98. The molecule has 0 aromatic heterocycles. The third-order valence-corrected chi connectivity index (χ3v) is 2.66. The summed E-state index contributed by atoms with van der Waals surface area (Å²) in [5.74, 6) is -1.05. The van der Waals surface area contributed by atoms with E-state index in [9.17, 15) is 14.4 Å². The first-order valence-corrected chi connectivity index (χ1v) is 6.56. The van der Waals surface area contributed by atoms with Gasteiger partial charge in [0.25, 0.3) is 0 Å². The molecule has 0 amide bonds. The zero-order valence-electron chi connectivity index (χ0n) is 11.9. The van der Waals surface area contributed by atoms with E-state index in [2.05, 4.69) is 6.58 Å². The number of para-hydroxylation sites is 1. The average molecular weight is 290 g/mol. The molecule has 0 aliphatic rings. The highest BCUT2D eigenvalue weighted by Crippen LogP contribution is 2.12. The number of esters is 2. The first kappa shape index (κ1) is 16.6. The third-order valence-electron chi connectivity index (χ3n) is 2.66. The molecule has 1 rings (SSSR count). The second-order valence-corrected chi connectivity index (χ2v) is 4.60. The van der Waals surface area contributed by atoms with Crippen molar-refractivity contribution in [1.29, 1.82) is 0 Å². The molecular weight excluding hydrogens is 272 g/mol. The molecule has 0 radical (unpaired) electrons. The maximum atomic E-state index is 11.6. The number of carbonyl (C=O) groups excluding carboxylic acids is 3. The minimum absolute atomic E-state index is 0.0617. The van der Waals surface area contributed by atoms with Crippen LogP contribution in [0.5, 0.6) is 5.75 Å². The quantitative estimate of drug-likeness (QED) is 0.318. The Hall–Kier alpha value is -2.43. The highest BCUT2D eigenvalue weighted by Gasteiger charge is 2.14. The van der Waals surface area contributed by atoms with Gasteiger partial charge in [-0.3, -0.25) is 4.79 Å². The van der Waals surface area contributed by atoms with Crippen LogP contribution in [0.15, 0.2) is 42.5 Å². The molecule has 0 N–H and O–H groups in total. The third kappa shape index (κ3) is 6.51. The molecule has 112 valence electrons. The van der Waals surface area contributed by atoms with Gasteiger partial charge in [0.05, 0.1) is 0 Å². The lowest BCUT2D eigenvalue weighted by atomic mass is 10.1. The van der Waals surface area contributed by atoms with Crippen molar-refractivity contribution >= 4 is 18.2 Å². The summed E-state index contributed by atoms with van der Waals surface area (Å²) in [4.78, 5) is 33.7. The molecule has 0 aliphatic carbocycles. The Morgan fingerprint density at radius 3 is 2.52 bits per heavy atom. The fourth-order valence-electron chi connectivity index (χ4n) is 1.47. The zero-order chi connectivity index (χ0) is 15.7. The molecule has 1 aromatic carbocycles. The van der Waals surface area contributed by atoms with Crippen molar-refractivity contribution in [3.63, 3.8) is 0 Å². The lowest BCUT2D eigenvalue weighted by Gasteiger charge is -2.10. The van der Waals surface area contributed by atoms with Gasteiger partial charge in [0.2, 0.25) is 0 Å². The number of hydrogen-bond donors (Lipinski definition) is 0. The maximum absolute atomic E-state index is 11.6. The van der Waals surface area contributed by atoms with Crippen LogP contribution in [-0.4, -0.2) is 24.8 Å². The van der Waals surface area contributed by atoms with Gasteiger partial charge in [-0.1, -0.05) is 24.8 Å².